The molecule has 2 aromatic carbocycles. The quantitative estimate of drug-likeness (QED) is 0.281. The van der Waals surface area contributed by atoms with Crippen LogP contribution in [0.5, 0.6) is 0 Å². The topological polar surface area (TPSA) is 110 Å². The second-order valence-electron chi connectivity index (χ2n) is 7.54. The predicted molar refractivity (Wildman–Crippen MR) is 134 cm³/mol. The Bertz CT molecular complexity index is 1590. The maximum Gasteiger partial charge on any atom is 0.264 e. The minimum atomic E-state index is -3.83. The molecule has 172 valence electrons. The molecule has 0 aliphatic carbocycles. The van der Waals surface area contributed by atoms with Crippen LogP contribution in [0.1, 0.15) is 11.3 Å². The van der Waals surface area contributed by atoms with Gasteiger partial charge in [-0.05, 0) is 55.8 Å². The summed E-state index contributed by atoms with van der Waals surface area (Å²) in [6.07, 6.45) is 1.50. The van der Waals surface area contributed by atoms with E-state index >= 15 is 0 Å². The summed E-state index contributed by atoms with van der Waals surface area (Å²) in [6, 6.07) is 13.9. The molecule has 0 saturated carbocycles. The molecule has 3 heterocycles. The highest BCUT2D eigenvalue weighted by Crippen LogP contribution is 2.37. The van der Waals surface area contributed by atoms with E-state index in [1.54, 1.807) is 26.0 Å². The Morgan fingerprint density at radius 1 is 1.00 bits per heavy atom. The Labute approximate surface area is 204 Å². The molecule has 0 bridgehead atoms. The highest BCUT2D eigenvalue weighted by atomic mass is 35.5. The van der Waals surface area contributed by atoms with Gasteiger partial charge < -0.3 is 9.84 Å². The molecule has 0 saturated heterocycles. The summed E-state index contributed by atoms with van der Waals surface area (Å²) in [5.74, 6) is 0.730. The smallest absolute Gasteiger partial charge is 0.264 e. The summed E-state index contributed by atoms with van der Waals surface area (Å²) in [5, 5.41) is 10.6. The third-order valence-electron chi connectivity index (χ3n) is 5.34. The van der Waals surface area contributed by atoms with Crippen molar-refractivity contribution >= 4 is 60.6 Å². The Morgan fingerprint density at radius 3 is 2.41 bits per heavy atom. The average molecular weight is 512 g/mol. The van der Waals surface area contributed by atoms with Crippen LogP contribution in [0.3, 0.4) is 0 Å². The van der Waals surface area contributed by atoms with Crippen LogP contribution in [-0.4, -0.2) is 23.5 Å². The van der Waals surface area contributed by atoms with Gasteiger partial charge in [-0.2, -0.15) is 0 Å². The standard InChI is InChI=1S/C23H18ClN5O3S2/c1-13-14(2)28-32-22(13)29-34(30,31)18-9-7-17(8-10-18)27-21-20-19(11-33-23(20)26-12-25-21)15-3-5-16(24)6-4-15/h3-12,29H,1-2H3,(H,25,26,27). The molecule has 11 heteroatoms. The second kappa shape index (κ2) is 8.71. The number of rotatable bonds is 6. The molecule has 0 spiro atoms. The Morgan fingerprint density at radius 2 is 1.74 bits per heavy atom. The van der Waals surface area contributed by atoms with Crippen LogP contribution in [0, 0.1) is 13.8 Å². The molecule has 5 rings (SSSR count). The van der Waals surface area contributed by atoms with Crippen LogP contribution in [0.15, 0.2) is 69.7 Å². The molecule has 8 nitrogen and oxygen atoms in total. The largest absolute Gasteiger partial charge is 0.340 e. The second-order valence-corrected chi connectivity index (χ2v) is 10.5. The van der Waals surface area contributed by atoms with E-state index in [1.807, 2.05) is 29.6 Å². The fraction of sp³-hybridized carbons (Fsp3) is 0.0870. The fourth-order valence-electron chi connectivity index (χ4n) is 3.36. The van der Waals surface area contributed by atoms with Gasteiger partial charge in [-0.15, -0.1) is 11.3 Å². The van der Waals surface area contributed by atoms with Gasteiger partial charge >= 0.3 is 0 Å². The summed E-state index contributed by atoms with van der Waals surface area (Å²) < 4.78 is 33.0. The van der Waals surface area contributed by atoms with E-state index in [-0.39, 0.29) is 10.8 Å². The van der Waals surface area contributed by atoms with Crippen LogP contribution in [0.25, 0.3) is 21.3 Å². The maximum atomic E-state index is 12.8. The molecule has 2 N–H and O–H groups in total. The maximum absolute atomic E-state index is 12.8. The lowest BCUT2D eigenvalue weighted by molar-refractivity contribution is 0.430. The zero-order valence-electron chi connectivity index (χ0n) is 18.0. The molecule has 0 amide bonds. The molecule has 0 radical (unpaired) electrons. The number of thiophene rings is 1. The van der Waals surface area contributed by atoms with Gasteiger partial charge in [-0.3, -0.25) is 0 Å². The number of anilines is 3. The number of hydrogen-bond donors (Lipinski definition) is 2. The van der Waals surface area contributed by atoms with Gasteiger partial charge in [0.25, 0.3) is 10.0 Å². The Kier molecular flexibility index (Phi) is 5.72. The van der Waals surface area contributed by atoms with Crippen LogP contribution >= 0.6 is 22.9 Å². The van der Waals surface area contributed by atoms with Crippen LogP contribution in [0.4, 0.5) is 17.4 Å². The van der Waals surface area contributed by atoms with Crippen LogP contribution in [-0.2, 0) is 10.0 Å². The van der Waals surface area contributed by atoms with Crippen molar-refractivity contribution < 1.29 is 12.9 Å². The zero-order chi connectivity index (χ0) is 23.9. The number of nitrogens with one attached hydrogen (secondary N) is 2. The number of hydrogen-bond acceptors (Lipinski definition) is 8. The van der Waals surface area contributed by atoms with Crippen molar-refractivity contribution in [2.24, 2.45) is 0 Å². The van der Waals surface area contributed by atoms with Crippen LogP contribution in [0.2, 0.25) is 5.02 Å². The number of aryl methyl sites for hydroxylation is 1. The number of fused-ring (bicyclic) bond motifs is 1. The molecular formula is C23H18ClN5O3S2. The summed E-state index contributed by atoms with van der Waals surface area (Å²) >= 11 is 7.56. The molecule has 0 aliphatic rings. The lowest BCUT2D eigenvalue weighted by Gasteiger charge is -2.10. The van der Waals surface area contributed by atoms with E-state index in [1.165, 1.54) is 29.8 Å². The Hall–Kier alpha value is -3.47. The van der Waals surface area contributed by atoms with Crippen molar-refractivity contribution in [2.45, 2.75) is 18.7 Å². The summed E-state index contributed by atoms with van der Waals surface area (Å²) in [7, 11) is -3.83. The van der Waals surface area contributed by atoms with Crippen molar-refractivity contribution in [1.82, 2.24) is 15.1 Å². The summed E-state index contributed by atoms with van der Waals surface area (Å²) in [5.41, 5.74) is 3.93. The molecular weight excluding hydrogens is 494 g/mol. The first-order valence-electron chi connectivity index (χ1n) is 10.1. The number of nitrogens with zero attached hydrogens (tertiary/aromatic N) is 3. The van der Waals surface area contributed by atoms with E-state index in [0.717, 1.165) is 21.3 Å². The van der Waals surface area contributed by atoms with Gasteiger partial charge in [0.2, 0.25) is 5.88 Å². The lowest BCUT2D eigenvalue weighted by Crippen LogP contribution is -2.13. The van der Waals surface area contributed by atoms with Crippen molar-refractivity contribution in [2.75, 3.05) is 10.0 Å². The van der Waals surface area contributed by atoms with Gasteiger partial charge in [-0.1, -0.05) is 28.9 Å². The van der Waals surface area contributed by atoms with Gasteiger partial charge in [0.05, 0.1) is 16.0 Å². The van der Waals surface area contributed by atoms with E-state index in [9.17, 15) is 8.42 Å². The zero-order valence-corrected chi connectivity index (χ0v) is 20.4. The van der Waals surface area contributed by atoms with Gasteiger partial charge in [-0.25, -0.2) is 23.1 Å². The van der Waals surface area contributed by atoms with Gasteiger partial charge in [0, 0.05) is 27.2 Å². The summed E-state index contributed by atoms with van der Waals surface area (Å²) in [4.78, 5) is 9.74. The van der Waals surface area contributed by atoms with Crippen LogP contribution < -0.4 is 10.0 Å². The third kappa shape index (κ3) is 4.23. The van der Waals surface area contributed by atoms with Crippen molar-refractivity contribution in [3.63, 3.8) is 0 Å². The highest BCUT2D eigenvalue weighted by Gasteiger charge is 2.19. The first kappa shape index (κ1) is 22.3. The van der Waals surface area contributed by atoms with E-state index in [0.29, 0.717) is 27.8 Å². The normalized spacial score (nSPS) is 11.6. The predicted octanol–water partition coefficient (Wildman–Crippen LogP) is 6.16. The van der Waals surface area contributed by atoms with Crippen molar-refractivity contribution in [1.29, 1.82) is 0 Å². The van der Waals surface area contributed by atoms with Crippen molar-refractivity contribution in [3.05, 3.63) is 76.5 Å². The summed E-state index contributed by atoms with van der Waals surface area (Å²) in [6.45, 7) is 3.48. The highest BCUT2D eigenvalue weighted by molar-refractivity contribution is 7.92. The first-order chi connectivity index (χ1) is 16.3. The number of sulfonamides is 1. The average Bonchev–Trinajstić information content (AvgIpc) is 3.39. The minimum absolute atomic E-state index is 0.0942. The van der Waals surface area contributed by atoms with Crippen molar-refractivity contribution in [3.8, 4) is 11.1 Å². The molecule has 34 heavy (non-hydrogen) atoms. The molecule has 0 fully saturated rings. The van der Waals surface area contributed by atoms with E-state index < -0.39 is 10.0 Å². The third-order valence-corrected chi connectivity index (χ3v) is 7.82. The number of aromatic nitrogens is 3. The van der Waals surface area contributed by atoms with E-state index in [4.69, 9.17) is 16.1 Å². The lowest BCUT2D eigenvalue weighted by atomic mass is 10.1. The SMILES string of the molecule is Cc1noc(NS(=O)(=O)c2ccc(Nc3ncnc4scc(-c5ccc(Cl)cc5)c34)cc2)c1C. The number of halogens is 1. The van der Waals surface area contributed by atoms with E-state index in [2.05, 4.69) is 25.2 Å². The molecule has 0 atom stereocenters. The number of benzene rings is 2. The first-order valence-corrected chi connectivity index (χ1v) is 12.9. The molecule has 3 aromatic heterocycles. The monoisotopic (exact) mass is 511 g/mol. The molecule has 0 aliphatic heterocycles. The Balaban J connectivity index is 1.43. The molecule has 0 unspecified atom stereocenters. The minimum Gasteiger partial charge on any atom is -0.340 e. The molecule has 5 aromatic rings. The fourth-order valence-corrected chi connectivity index (χ4v) is 5.45. The van der Waals surface area contributed by atoms with Gasteiger partial charge in [0.15, 0.2) is 0 Å². The van der Waals surface area contributed by atoms with Gasteiger partial charge in [0.1, 0.15) is 17.0 Å².